The number of aliphatic hydroxyl groups is 4. The van der Waals surface area contributed by atoms with E-state index < -0.39 is 53.1 Å². The lowest BCUT2D eigenvalue weighted by atomic mass is 10.0. The van der Waals surface area contributed by atoms with Gasteiger partial charge in [0.05, 0.1) is 13.2 Å². The van der Waals surface area contributed by atoms with Crippen molar-refractivity contribution in [3.05, 3.63) is 58.7 Å². The second kappa shape index (κ2) is 13.9. The molecule has 0 amide bonds. The summed E-state index contributed by atoms with van der Waals surface area (Å²) < 4.78 is 24.0. The molecule has 0 aliphatic heterocycles. The maximum Gasteiger partial charge on any atom is 0.379 e. The van der Waals surface area contributed by atoms with Crippen molar-refractivity contribution in [2.75, 3.05) is 25.8 Å². The van der Waals surface area contributed by atoms with Gasteiger partial charge in [-0.3, -0.25) is 9.13 Å². The summed E-state index contributed by atoms with van der Waals surface area (Å²) in [5.74, 6) is -0.516. The van der Waals surface area contributed by atoms with E-state index >= 15 is 0 Å². The Morgan fingerprint density at radius 1 is 0.632 bits per heavy atom. The van der Waals surface area contributed by atoms with Crippen molar-refractivity contribution < 1.29 is 69.1 Å². The van der Waals surface area contributed by atoms with E-state index in [-0.39, 0.29) is 58.7 Å². The van der Waals surface area contributed by atoms with E-state index in [1.54, 1.807) is 0 Å². The van der Waals surface area contributed by atoms with Gasteiger partial charge < -0.3 is 60.0 Å². The molecule has 38 heavy (non-hydrogen) atoms. The van der Waals surface area contributed by atoms with Gasteiger partial charge in [0.1, 0.15) is 37.8 Å². The van der Waals surface area contributed by atoms with E-state index in [4.69, 9.17) is 0 Å². The Morgan fingerprint density at radius 2 is 1.08 bits per heavy atom. The molecular formula is C22H36N2O12P2+2. The van der Waals surface area contributed by atoms with Gasteiger partial charge in [0, 0.05) is 11.1 Å². The fourth-order valence-corrected chi connectivity index (χ4v) is 6.20. The van der Waals surface area contributed by atoms with E-state index in [0.717, 1.165) is 0 Å². The van der Waals surface area contributed by atoms with Crippen molar-refractivity contribution in [1.82, 2.24) is 0 Å². The Labute approximate surface area is 219 Å². The van der Waals surface area contributed by atoms with Crippen LogP contribution in [0.3, 0.4) is 0 Å². The zero-order valence-electron chi connectivity index (χ0n) is 20.5. The van der Waals surface area contributed by atoms with Gasteiger partial charge in [-0.25, -0.2) is 0 Å². The number of nitrogens with one attached hydrogen (secondary N) is 2. The molecule has 4 atom stereocenters. The van der Waals surface area contributed by atoms with Crippen LogP contribution < -0.4 is 9.80 Å². The molecule has 0 aliphatic rings. The summed E-state index contributed by atoms with van der Waals surface area (Å²) in [6, 6.07) is 5.94. The van der Waals surface area contributed by atoms with Crippen molar-refractivity contribution >= 4 is 15.2 Å². The molecule has 0 heterocycles. The molecule has 0 saturated carbocycles. The predicted octanol–water partition coefficient (Wildman–Crippen LogP) is -3.46. The van der Waals surface area contributed by atoms with E-state index in [1.165, 1.54) is 36.4 Å². The van der Waals surface area contributed by atoms with Crippen LogP contribution in [0, 0.1) is 0 Å². The zero-order valence-corrected chi connectivity index (χ0v) is 22.2. The molecular weight excluding hydrogens is 546 g/mol. The summed E-state index contributed by atoms with van der Waals surface area (Å²) in [6.45, 7) is -2.78. The SMILES string of the molecule is O=P(O)(O)C[NH+](Cc1ccc(CO)cc1O)C(CO)C(CO)[NH+](Cc1cc(CO)ccc1O)CP(=O)(O)O. The largest absolute Gasteiger partial charge is 0.507 e. The van der Waals surface area contributed by atoms with Crippen LogP contribution in [0.4, 0.5) is 0 Å². The molecule has 0 fully saturated rings. The Hall–Kier alpha value is -1.90. The number of phenols is 2. The summed E-state index contributed by atoms with van der Waals surface area (Å²) in [7, 11) is -9.50. The topological polar surface area (TPSA) is 245 Å². The average molecular weight is 582 g/mol. The van der Waals surface area contributed by atoms with Gasteiger partial charge in [0.2, 0.25) is 0 Å². The highest BCUT2D eigenvalue weighted by Crippen LogP contribution is 2.32. The van der Waals surface area contributed by atoms with Gasteiger partial charge in [0.25, 0.3) is 0 Å². The third-order valence-corrected chi connectivity index (χ3v) is 7.88. The van der Waals surface area contributed by atoms with Crippen molar-refractivity contribution in [1.29, 1.82) is 0 Å². The number of quaternary nitrogens is 2. The average Bonchev–Trinajstić information content (AvgIpc) is 2.82. The second-order valence-electron chi connectivity index (χ2n) is 9.14. The van der Waals surface area contributed by atoms with Crippen LogP contribution in [0.2, 0.25) is 0 Å². The Morgan fingerprint density at radius 3 is 1.50 bits per heavy atom. The van der Waals surface area contributed by atoms with Crippen LogP contribution in [-0.2, 0) is 35.4 Å². The van der Waals surface area contributed by atoms with Gasteiger partial charge in [-0.15, -0.1) is 0 Å². The summed E-state index contributed by atoms with van der Waals surface area (Å²) in [6.07, 6.45) is -1.69. The Balaban J connectivity index is 2.53. The first-order chi connectivity index (χ1) is 17.7. The number of phenolic OH excluding ortho intramolecular Hbond substituents is 2. The molecule has 0 radical (unpaired) electrons. The molecule has 2 aromatic rings. The zero-order chi connectivity index (χ0) is 28.7. The summed E-state index contributed by atoms with van der Waals surface area (Å²) >= 11 is 0. The fourth-order valence-electron chi connectivity index (χ4n) is 4.44. The van der Waals surface area contributed by atoms with Crippen LogP contribution in [-0.4, -0.2) is 88.1 Å². The van der Waals surface area contributed by atoms with Crippen LogP contribution >= 0.6 is 15.2 Å². The smallest absolute Gasteiger partial charge is 0.379 e. The molecule has 2 aromatic carbocycles. The molecule has 214 valence electrons. The normalized spacial score (nSPS) is 15.7. The number of benzene rings is 2. The number of aromatic hydroxyl groups is 2. The number of hydrogen-bond acceptors (Lipinski definition) is 8. The van der Waals surface area contributed by atoms with E-state index in [9.17, 15) is 59.3 Å². The fraction of sp³-hybridized carbons (Fsp3) is 0.455. The van der Waals surface area contributed by atoms with Crippen molar-refractivity contribution in [3.8, 4) is 11.5 Å². The molecule has 14 nitrogen and oxygen atoms in total. The van der Waals surface area contributed by atoms with Crippen LogP contribution in [0.15, 0.2) is 36.4 Å². The molecule has 0 saturated heterocycles. The van der Waals surface area contributed by atoms with Crippen LogP contribution in [0.25, 0.3) is 0 Å². The number of hydrogen-bond donors (Lipinski definition) is 12. The van der Waals surface area contributed by atoms with Gasteiger partial charge in [0.15, 0.2) is 24.7 Å². The predicted molar refractivity (Wildman–Crippen MR) is 133 cm³/mol. The first-order valence-electron chi connectivity index (χ1n) is 11.5. The molecule has 0 aliphatic carbocycles. The minimum atomic E-state index is -4.75. The monoisotopic (exact) mass is 582 g/mol. The minimum absolute atomic E-state index is 0.00772. The minimum Gasteiger partial charge on any atom is -0.507 e. The standard InChI is InChI=1S/C22H34N2O12P2/c25-9-15-2-4-21(29)18(5-15)8-24(14-38(34,35)36)20(12-28)19(11-27)23(13-37(31,32)33)7-17-3-1-16(10-26)6-22(17)30/h1-6,19-20,25-30H,7-14H2,(H2,31,32,33)(H2,34,35,36)/p+2. The molecule has 16 heteroatoms. The lowest BCUT2D eigenvalue weighted by molar-refractivity contribution is -0.999. The molecule has 0 bridgehead atoms. The van der Waals surface area contributed by atoms with Crippen molar-refractivity contribution in [2.24, 2.45) is 0 Å². The summed E-state index contributed by atoms with van der Waals surface area (Å²) in [5, 5.41) is 60.0. The third kappa shape index (κ3) is 9.69. The first kappa shape index (κ1) is 32.3. The number of rotatable bonds is 15. The summed E-state index contributed by atoms with van der Waals surface area (Å²) in [5.41, 5.74) is 1.19. The van der Waals surface area contributed by atoms with Gasteiger partial charge in [-0.05, 0) is 35.4 Å². The Kier molecular flexibility index (Phi) is 11.9. The quantitative estimate of drug-likeness (QED) is 0.0917. The maximum absolute atomic E-state index is 12.0. The van der Waals surface area contributed by atoms with E-state index in [1.807, 2.05) is 0 Å². The van der Waals surface area contributed by atoms with Crippen molar-refractivity contribution in [3.63, 3.8) is 0 Å². The van der Waals surface area contributed by atoms with Crippen LogP contribution in [0.1, 0.15) is 22.3 Å². The molecule has 0 spiro atoms. The van der Waals surface area contributed by atoms with Crippen LogP contribution in [0.5, 0.6) is 11.5 Å². The molecule has 2 rings (SSSR count). The van der Waals surface area contributed by atoms with Crippen molar-refractivity contribution in [2.45, 2.75) is 38.4 Å². The molecule has 0 aromatic heterocycles. The highest BCUT2D eigenvalue weighted by atomic mass is 31.2. The van der Waals surface area contributed by atoms with Gasteiger partial charge in [-0.2, -0.15) is 0 Å². The number of aliphatic hydroxyl groups excluding tert-OH is 4. The Bertz CT molecular complexity index is 1160. The first-order valence-corrected chi connectivity index (χ1v) is 15.1. The lowest BCUT2D eigenvalue weighted by Gasteiger charge is -2.36. The van der Waals surface area contributed by atoms with Gasteiger partial charge in [-0.1, -0.05) is 12.1 Å². The highest BCUT2D eigenvalue weighted by molar-refractivity contribution is 7.51. The highest BCUT2D eigenvalue weighted by Gasteiger charge is 2.42. The third-order valence-electron chi connectivity index (χ3n) is 6.24. The van der Waals surface area contributed by atoms with E-state index in [2.05, 4.69) is 0 Å². The summed E-state index contributed by atoms with van der Waals surface area (Å²) in [4.78, 5) is 39.0. The second-order valence-corrected chi connectivity index (χ2v) is 12.4. The van der Waals surface area contributed by atoms with E-state index in [0.29, 0.717) is 11.1 Å². The maximum atomic E-state index is 12.0. The van der Waals surface area contributed by atoms with Gasteiger partial charge >= 0.3 is 15.2 Å². The molecule has 4 unspecified atom stereocenters. The lowest BCUT2D eigenvalue weighted by Crippen LogP contribution is -3.26. The molecule has 12 N–H and O–H groups in total.